The Labute approximate surface area is 101 Å². The monoisotopic (exact) mass is 243 g/mol. The molecule has 1 saturated heterocycles. The van der Waals surface area contributed by atoms with Gasteiger partial charge in [0.15, 0.2) is 0 Å². The maximum Gasteiger partial charge on any atom is 0.320 e. The zero-order valence-corrected chi connectivity index (χ0v) is 10.3. The van der Waals surface area contributed by atoms with Crippen LogP contribution in [0, 0.1) is 0 Å². The van der Waals surface area contributed by atoms with Gasteiger partial charge in [0.1, 0.15) is 6.04 Å². The van der Waals surface area contributed by atoms with Gasteiger partial charge in [0.25, 0.3) is 0 Å². The molecule has 0 aromatic carbocycles. The Hall–Kier alpha value is -1.14. The van der Waals surface area contributed by atoms with E-state index in [0.29, 0.717) is 0 Å². The van der Waals surface area contributed by atoms with Crippen LogP contribution in [0.5, 0.6) is 0 Å². The third-order valence-corrected chi connectivity index (χ3v) is 3.06. The average molecular weight is 243 g/mol. The Morgan fingerprint density at radius 2 is 2.00 bits per heavy atom. The molecule has 0 aliphatic carbocycles. The molecule has 0 unspecified atom stereocenters. The molecule has 0 aromatic rings. The van der Waals surface area contributed by atoms with Crippen LogP contribution in [-0.4, -0.2) is 66.1 Å². The maximum absolute atomic E-state index is 11.8. The van der Waals surface area contributed by atoms with Crippen molar-refractivity contribution < 1.29 is 14.7 Å². The molecule has 0 radical (unpaired) electrons. The zero-order valence-electron chi connectivity index (χ0n) is 10.3. The van der Waals surface area contributed by atoms with Gasteiger partial charge >= 0.3 is 5.97 Å². The second-order valence-corrected chi connectivity index (χ2v) is 4.52. The van der Waals surface area contributed by atoms with E-state index < -0.39 is 12.0 Å². The van der Waals surface area contributed by atoms with Crippen LogP contribution in [0.3, 0.4) is 0 Å². The summed E-state index contributed by atoms with van der Waals surface area (Å²) in [6, 6.07) is -0.936. The van der Waals surface area contributed by atoms with Gasteiger partial charge in [-0.25, -0.2) is 0 Å². The Morgan fingerprint density at radius 3 is 2.65 bits per heavy atom. The van der Waals surface area contributed by atoms with Gasteiger partial charge < -0.3 is 20.6 Å². The van der Waals surface area contributed by atoms with Crippen molar-refractivity contribution in [2.24, 2.45) is 5.73 Å². The molecule has 6 heteroatoms. The van der Waals surface area contributed by atoms with Crippen molar-refractivity contribution in [2.45, 2.75) is 25.3 Å². The first kappa shape index (κ1) is 13.9. The summed E-state index contributed by atoms with van der Waals surface area (Å²) >= 11 is 0. The number of likely N-dealkylation sites (N-methyl/N-ethyl adjacent to an activating group) is 1. The number of hydrogen-bond donors (Lipinski definition) is 2. The molecule has 1 amide bonds. The van der Waals surface area contributed by atoms with Crippen LogP contribution >= 0.6 is 0 Å². The highest BCUT2D eigenvalue weighted by Gasteiger charge is 2.19. The van der Waals surface area contributed by atoms with Crippen LogP contribution in [0.2, 0.25) is 0 Å². The molecule has 0 bridgehead atoms. The van der Waals surface area contributed by atoms with Crippen molar-refractivity contribution in [1.82, 2.24) is 9.80 Å². The molecule has 17 heavy (non-hydrogen) atoms. The van der Waals surface area contributed by atoms with Crippen molar-refractivity contribution in [3.63, 3.8) is 0 Å². The normalized spacial score (nSPS) is 19.8. The van der Waals surface area contributed by atoms with Crippen LogP contribution < -0.4 is 5.73 Å². The summed E-state index contributed by atoms with van der Waals surface area (Å²) in [5, 5.41) is 8.63. The Morgan fingerprint density at radius 1 is 1.29 bits per heavy atom. The highest BCUT2D eigenvalue weighted by molar-refractivity contribution is 5.78. The van der Waals surface area contributed by atoms with Crippen molar-refractivity contribution in [3.05, 3.63) is 0 Å². The summed E-state index contributed by atoms with van der Waals surface area (Å²) in [6.45, 7) is 3.35. The minimum absolute atomic E-state index is 0.0111. The quantitative estimate of drug-likeness (QED) is 0.684. The first-order valence-electron chi connectivity index (χ1n) is 5.95. The first-order chi connectivity index (χ1) is 8.00. The van der Waals surface area contributed by atoms with E-state index in [2.05, 4.69) is 4.90 Å². The van der Waals surface area contributed by atoms with Gasteiger partial charge in [0, 0.05) is 26.1 Å². The maximum atomic E-state index is 11.8. The second kappa shape index (κ2) is 6.56. The lowest BCUT2D eigenvalue weighted by molar-refractivity contribution is -0.139. The Bertz CT molecular complexity index is 283. The summed E-state index contributed by atoms with van der Waals surface area (Å²) in [5.41, 5.74) is 5.37. The average Bonchev–Trinajstić information content (AvgIpc) is 2.50. The second-order valence-electron chi connectivity index (χ2n) is 4.52. The molecule has 1 rings (SSSR count). The molecule has 3 N–H and O–H groups in total. The van der Waals surface area contributed by atoms with E-state index in [9.17, 15) is 9.59 Å². The summed E-state index contributed by atoms with van der Waals surface area (Å²) < 4.78 is 0. The highest BCUT2D eigenvalue weighted by atomic mass is 16.4. The number of nitrogens with zero attached hydrogens (tertiary/aromatic N) is 2. The predicted octanol–water partition coefficient (Wildman–Crippen LogP) is -0.657. The summed E-state index contributed by atoms with van der Waals surface area (Å²) in [4.78, 5) is 26.4. The number of amides is 1. The third kappa shape index (κ3) is 4.70. The lowest BCUT2D eigenvalue weighted by Crippen LogP contribution is -2.36. The summed E-state index contributed by atoms with van der Waals surface area (Å²) in [6.07, 6.45) is 1.39. The lowest BCUT2D eigenvalue weighted by atomic mass is 10.1. The molecule has 6 nitrogen and oxygen atoms in total. The van der Waals surface area contributed by atoms with Crippen molar-refractivity contribution >= 4 is 11.9 Å². The number of nitrogens with two attached hydrogens (primary N) is 1. The molecule has 1 heterocycles. The van der Waals surface area contributed by atoms with Crippen LogP contribution in [-0.2, 0) is 9.59 Å². The van der Waals surface area contributed by atoms with E-state index >= 15 is 0 Å². The lowest BCUT2D eigenvalue weighted by Gasteiger charge is -2.20. The van der Waals surface area contributed by atoms with Crippen LogP contribution in [0.25, 0.3) is 0 Å². The standard InChI is InChI=1S/C11H21N3O3/c1-13-5-2-6-14(8-7-13)10(15)4-3-9(12)11(16)17/h9H,2-8,12H2,1H3,(H,16,17)/t9-/m0/s1. The van der Waals surface area contributed by atoms with Crippen molar-refractivity contribution in [2.75, 3.05) is 33.2 Å². The number of carbonyl (C=O) groups excluding carboxylic acids is 1. The molecule has 1 aliphatic rings. The van der Waals surface area contributed by atoms with Crippen LogP contribution in [0.15, 0.2) is 0 Å². The molecule has 0 aromatic heterocycles. The third-order valence-electron chi connectivity index (χ3n) is 3.06. The smallest absolute Gasteiger partial charge is 0.320 e. The van der Waals surface area contributed by atoms with E-state index in [4.69, 9.17) is 10.8 Å². The van der Waals surface area contributed by atoms with Gasteiger partial charge in [-0.3, -0.25) is 9.59 Å². The Kier molecular flexibility index (Phi) is 5.37. The van der Waals surface area contributed by atoms with Gasteiger partial charge in [-0.05, 0) is 26.4 Å². The molecule has 0 spiro atoms. The molecular weight excluding hydrogens is 222 g/mol. The molecule has 0 saturated carbocycles. The highest BCUT2D eigenvalue weighted by Crippen LogP contribution is 2.05. The fraction of sp³-hybridized carbons (Fsp3) is 0.818. The van der Waals surface area contributed by atoms with E-state index in [1.165, 1.54) is 0 Å². The van der Waals surface area contributed by atoms with Gasteiger partial charge in [0.2, 0.25) is 5.91 Å². The number of carbonyl (C=O) groups is 2. The fourth-order valence-electron chi connectivity index (χ4n) is 1.86. The van der Waals surface area contributed by atoms with Crippen molar-refractivity contribution in [1.29, 1.82) is 0 Å². The number of hydrogen-bond acceptors (Lipinski definition) is 4. The predicted molar refractivity (Wildman–Crippen MR) is 63.5 cm³/mol. The fourth-order valence-corrected chi connectivity index (χ4v) is 1.86. The van der Waals surface area contributed by atoms with Gasteiger partial charge in [0.05, 0.1) is 0 Å². The van der Waals surface area contributed by atoms with Gasteiger partial charge in [-0.15, -0.1) is 0 Å². The number of carboxylic acids is 1. The molecule has 1 atom stereocenters. The minimum atomic E-state index is -1.05. The van der Waals surface area contributed by atoms with E-state index in [1.807, 2.05) is 7.05 Å². The zero-order chi connectivity index (χ0) is 12.8. The van der Waals surface area contributed by atoms with E-state index in [0.717, 1.165) is 32.6 Å². The summed E-state index contributed by atoms with van der Waals surface area (Å²) in [7, 11) is 2.04. The van der Waals surface area contributed by atoms with E-state index in [-0.39, 0.29) is 18.7 Å². The summed E-state index contributed by atoms with van der Waals surface area (Å²) in [5.74, 6) is -1.04. The molecule has 1 aliphatic heterocycles. The minimum Gasteiger partial charge on any atom is -0.480 e. The first-order valence-corrected chi connectivity index (χ1v) is 5.95. The van der Waals surface area contributed by atoms with Gasteiger partial charge in [-0.1, -0.05) is 0 Å². The van der Waals surface area contributed by atoms with Crippen LogP contribution in [0.1, 0.15) is 19.3 Å². The Balaban J connectivity index is 2.34. The number of rotatable bonds is 4. The molecule has 1 fully saturated rings. The largest absolute Gasteiger partial charge is 0.480 e. The number of carboxylic acid groups (broad SMARTS) is 1. The molecular formula is C11H21N3O3. The van der Waals surface area contributed by atoms with Crippen molar-refractivity contribution in [3.8, 4) is 0 Å². The molecule has 98 valence electrons. The SMILES string of the molecule is CN1CCCN(C(=O)CC[C@H](N)C(=O)O)CC1. The number of aliphatic carboxylic acids is 1. The van der Waals surface area contributed by atoms with E-state index in [1.54, 1.807) is 4.90 Å². The van der Waals surface area contributed by atoms with Gasteiger partial charge in [-0.2, -0.15) is 0 Å². The topological polar surface area (TPSA) is 86.9 Å². The van der Waals surface area contributed by atoms with Crippen LogP contribution in [0.4, 0.5) is 0 Å².